The van der Waals surface area contributed by atoms with Gasteiger partial charge in [0.1, 0.15) is 11.6 Å². The third-order valence-corrected chi connectivity index (χ3v) is 2.13. The molecule has 0 bridgehead atoms. The van der Waals surface area contributed by atoms with Gasteiger partial charge in [-0.25, -0.2) is 9.97 Å². The van der Waals surface area contributed by atoms with Crippen LogP contribution in [0.1, 0.15) is 13.8 Å². The van der Waals surface area contributed by atoms with Crippen LogP contribution >= 0.6 is 0 Å². The van der Waals surface area contributed by atoms with Crippen LogP contribution in [0.5, 0.6) is 0 Å². The molecule has 1 aromatic rings. The Labute approximate surface area is 96.6 Å². The molecule has 0 amide bonds. The predicted molar refractivity (Wildman–Crippen MR) is 65.4 cm³/mol. The van der Waals surface area contributed by atoms with E-state index in [0.717, 1.165) is 18.9 Å². The number of rotatable bonds is 6. The molecular weight excluding hydrogens is 204 g/mol. The molecule has 16 heavy (non-hydrogen) atoms. The van der Waals surface area contributed by atoms with Crippen molar-refractivity contribution in [2.45, 2.75) is 13.8 Å². The number of hydrogen-bond donors (Lipinski definition) is 1. The van der Waals surface area contributed by atoms with Gasteiger partial charge < -0.3 is 15.4 Å². The van der Waals surface area contributed by atoms with E-state index in [1.807, 2.05) is 0 Å². The lowest BCUT2D eigenvalue weighted by Gasteiger charge is -2.24. The van der Waals surface area contributed by atoms with Gasteiger partial charge in [-0.3, -0.25) is 0 Å². The number of nitrogens with two attached hydrogens (primary N) is 1. The van der Waals surface area contributed by atoms with E-state index in [1.54, 1.807) is 19.5 Å². The van der Waals surface area contributed by atoms with Crippen molar-refractivity contribution >= 4 is 11.6 Å². The van der Waals surface area contributed by atoms with Crippen molar-refractivity contribution in [2.75, 3.05) is 37.4 Å². The van der Waals surface area contributed by atoms with Crippen molar-refractivity contribution < 1.29 is 4.74 Å². The molecule has 90 valence electrons. The first-order chi connectivity index (χ1) is 7.63. The zero-order valence-electron chi connectivity index (χ0n) is 10.2. The van der Waals surface area contributed by atoms with Crippen molar-refractivity contribution in [3.05, 3.63) is 12.4 Å². The van der Waals surface area contributed by atoms with Gasteiger partial charge in [0.2, 0.25) is 0 Å². The van der Waals surface area contributed by atoms with Gasteiger partial charge in [0, 0.05) is 20.2 Å². The first-order valence-corrected chi connectivity index (χ1v) is 5.45. The summed E-state index contributed by atoms with van der Waals surface area (Å²) >= 11 is 0. The molecule has 0 atom stereocenters. The molecule has 0 aliphatic rings. The molecule has 1 aromatic heterocycles. The fourth-order valence-corrected chi connectivity index (χ4v) is 1.44. The lowest BCUT2D eigenvalue weighted by atomic mass is 10.2. The van der Waals surface area contributed by atoms with Gasteiger partial charge in [0.05, 0.1) is 19.0 Å². The average molecular weight is 224 g/mol. The first kappa shape index (κ1) is 12.7. The average Bonchev–Trinajstić information content (AvgIpc) is 2.25. The summed E-state index contributed by atoms with van der Waals surface area (Å²) in [6.45, 7) is 6.77. The van der Waals surface area contributed by atoms with Gasteiger partial charge in [-0.05, 0) is 5.92 Å². The lowest BCUT2D eigenvalue weighted by molar-refractivity contribution is 0.204. The van der Waals surface area contributed by atoms with E-state index in [9.17, 15) is 0 Å². The topological polar surface area (TPSA) is 64.3 Å². The maximum Gasteiger partial charge on any atom is 0.147 e. The van der Waals surface area contributed by atoms with Crippen molar-refractivity contribution in [1.29, 1.82) is 0 Å². The van der Waals surface area contributed by atoms with Gasteiger partial charge in [-0.1, -0.05) is 13.8 Å². The van der Waals surface area contributed by atoms with Gasteiger partial charge in [0.15, 0.2) is 0 Å². The summed E-state index contributed by atoms with van der Waals surface area (Å²) in [4.78, 5) is 10.5. The molecule has 2 N–H and O–H groups in total. The molecule has 5 nitrogen and oxygen atoms in total. The normalized spacial score (nSPS) is 10.8. The van der Waals surface area contributed by atoms with E-state index in [4.69, 9.17) is 10.5 Å². The minimum atomic E-state index is 0.444. The van der Waals surface area contributed by atoms with Gasteiger partial charge >= 0.3 is 0 Å². The summed E-state index contributed by atoms with van der Waals surface area (Å²) in [6.07, 6.45) is 3.28. The molecule has 0 aliphatic heterocycles. The molecule has 0 aliphatic carbocycles. The zero-order chi connectivity index (χ0) is 12.0. The van der Waals surface area contributed by atoms with Crippen LogP contribution in [0, 0.1) is 5.92 Å². The fourth-order valence-electron chi connectivity index (χ4n) is 1.44. The molecule has 0 saturated heterocycles. The number of hydrogen-bond acceptors (Lipinski definition) is 5. The van der Waals surface area contributed by atoms with Gasteiger partial charge in [-0.15, -0.1) is 0 Å². The number of ether oxygens (including phenoxy) is 1. The number of methoxy groups -OCH3 is 1. The summed E-state index contributed by atoms with van der Waals surface area (Å²) < 4.78 is 5.08. The molecule has 0 radical (unpaired) electrons. The Kier molecular flexibility index (Phi) is 4.98. The van der Waals surface area contributed by atoms with Crippen molar-refractivity contribution in [1.82, 2.24) is 9.97 Å². The van der Waals surface area contributed by atoms with Gasteiger partial charge in [0.25, 0.3) is 0 Å². The minimum Gasteiger partial charge on any atom is -0.383 e. The number of nitrogens with zero attached hydrogens (tertiary/aromatic N) is 3. The van der Waals surface area contributed by atoms with Crippen LogP contribution in [0.15, 0.2) is 12.4 Å². The Balaban J connectivity index is 2.70. The van der Waals surface area contributed by atoms with Crippen LogP contribution in [0.25, 0.3) is 0 Å². The van der Waals surface area contributed by atoms with Gasteiger partial charge in [-0.2, -0.15) is 0 Å². The zero-order valence-corrected chi connectivity index (χ0v) is 10.2. The maximum absolute atomic E-state index is 5.51. The lowest BCUT2D eigenvalue weighted by Crippen LogP contribution is -2.31. The number of nitrogen functional groups attached to an aromatic ring is 1. The quantitative estimate of drug-likeness (QED) is 0.785. The smallest absolute Gasteiger partial charge is 0.147 e. The van der Waals surface area contributed by atoms with E-state index in [2.05, 4.69) is 28.7 Å². The van der Waals surface area contributed by atoms with Crippen LogP contribution in [0.4, 0.5) is 11.6 Å². The molecule has 0 spiro atoms. The van der Waals surface area contributed by atoms with Crippen LogP contribution in [-0.4, -0.2) is 36.8 Å². The summed E-state index contributed by atoms with van der Waals surface area (Å²) in [6, 6.07) is 0. The second kappa shape index (κ2) is 6.27. The molecule has 0 fully saturated rings. The maximum atomic E-state index is 5.51. The van der Waals surface area contributed by atoms with Crippen LogP contribution in [0.3, 0.4) is 0 Å². The highest BCUT2D eigenvalue weighted by Gasteiger charge is 2.09. The highest BCUT2D eigenvalue weighted by molar-refractivity contribution is 5.39. The van der Waals surface area contributed by atoms with E-state index in [-0.39, 0.29) is 0 Å². The first-order valence-electron chi connectivity index (χ1n) is 5.45. The van der Waals surface area contributed by atoms with E-state index in [0.29, 0.717) is 18.3 Å². The summed E-state index contributed by atoms with van der Waals surface area (Å²) in [5, 5.41) is 0. The molecule has 1 heterocycles. The van der Waals surface area contributed by atoms with Crippen molar-refractivity contribution in [3.8, 4) is 0 Å². The number of aromatic nitrogens is 2. The molecule has 5 heteroatoms. The van der Waals surface area contributed by atoms with Crippen molar-refractivity contribution in [2.24, 2.45) is 5.92 Å². The highest BCUT2D eigenvalue weighted by Crippen LogP contribution is 2.11. The Morgan fingerprint density at radius 1 is 1.38 bits per heavy atom. The summed E-state index contributed by atoms with van der Waals surface area (Å²) in [7, 11) is 1.70. The van der Waals surface area contributed by atoms with E-state index >= 15 is 0 Å². The third kappa shape index (κ3) is 4.02. The Morgan fingerprint density at radius 2 is 2.12 bits per heavy atom. The van der Waals surface area contributed by atoms with Crippen LogP contribution in [0.2, 0.25) is 0 Å². The summed E-state index contributed by atoms with van der Waals surface area (Å²) in [5.41, 5.74) is 5.51. The Hall–Kier alpha value is -1.36. The Bertz CT molecular complexity index is 299. The van der Waals surface area contributed by atoms with Crippen molar-refractivity contribution in [3.63, 3.8) is 0 Å². The fraction of sp³-hybridized carbons (Fsp3) is 0.636. The van der Waals surface area contributed by atoms with E-state index < -0.39 is 0 Å². The van der Waals surface area contributed by atoms with Crippen LogP contribution in [-0.2, 0) is 4.74 Å². The Morgan fingerprint density at radius 3 is 2.62 bits per heavy atom. The summed E-state index contributed by atoms with van der Waals surface area (Å²) in [5.74, 6) is 1.86. The SMILES string of the molecule is COCCN(CC(C)C)c1cnc(N)cn1. The molecular formula is C11H20N4O. The third-order valence-electron chi connectivity index (χ3n) is 2.13. The minimum absolute atomic E-state index is 0.444. The molecule has 0 unspecified atom stereocenters. The molecule has 0 aromatic carbocycles. The van der Waals surface area contributed by atoms with E-state index in [1.165, 1.54) is 0 Å². The highest BCUT2D eigenvalue weighted by atomic mass is 16.5. The second-order valence-corrected chi connectivity index (χ2v) is 4.13. The van der Waals surface area contributed by atoms with Crippen LogP contribution < -0.4 is 10.6 Å². The largest absolute Gasteiger partial charge is 0.383 e. The monoisotopic (exact) mass is 224 g/mol. The number of anilines is 2. The molecule has 0 saturated carbocycles. The second-order valence-electron chi connectivity index (χ2n) is 4.13. The molecule has 1 rings (SSSR count). The predicted octanol–water partition coefficient (Wildman–Crippen LogP) is 1.17. The standard InChI is InChI=1S/C11H20N4O/c1-9(2)8-15(4-5-16-3)11-7-13-10(12)6-14-11/h6-7,9H,4-5,8H2,1-3H3,(H2,12,13).